The molecule has 0 unspecified atom stereocenters. The molecule has 5 nitrogen and oxygen atoms in total. The summed E-state index contributed by atoms with van der Waals surface area (Å²) in [6, 6.07) is 16.7. The van der Waals surface area contributed by atoms with Gasteiger partial charge >= 0.3 is 0 Å². The number of hydrogen-bond donors (Lipinski definition) is 1. The summed E-state index contributed by atoms with van der Waals surface area (Å²) in [5.74, 6) is 0.583. The molecule has 3 aromatic rings. The van der Waals surface area contributed by atoms with Gasteiger partial charge in [-0.1, -0.05) is 50.2 Å². The Balaban J connectivity index is 1.22. The van der Waals surface area contributed by atoms with Crippen LogP contribution in [0.2, 0.25) is 0 Å². The summed E-state index contributed by atoms with van der Waals surface area (Å²) >= 11 is 5.88. The molecule has 0 saturated carbocycles. The van der Waals surface area contributed by atoms with Crippen molar-refractivity contribution in [3.63, 3.8) is 0 Å². The number of amides is 1. The maximum Gasteiger partial charge on any atom is 0.270 e. The molecule has 2 aliphatic rings. The molecule has 2 fully saturated rings. The van der Waals surface area contributed by atoms with Crippen LogP contribution in [-0.4, -0.2) is 51.6 Å². The monoisotopic (exact) mass is 488 g/mol. The van der Waals surface area contributed by atoms with Gasteiger partial charge in [0, 0.05) is 49.8 Å². The van der Waals surface area contributed by atoms with Crippen LogP contribution >= 0.6 is 12.2 Å². The second kappa shape index (κ2) is 9.30. The molecule has 1 spiro atoms. The Labute approximate surface area is 214 Å². The lowest BCUT2D eigenvalue weighted by Crippen LogP contribution is -2.45. The quantitative estimate of drug-likeness (QED) is 0.464. The molecule has 0 atom stereocenters. The van der Waals surface area contributed by atoms with E-state index in [1.807, 2.05) is 34.7 Å². The number of carbonyl (C=O) groups is 1. The van der Waals surface area contributed by atoms with Crippen LogP contribution in [0, 0.1) is 12.3 Å². The van der Waals surface area contributed by atoms with Gasteiger partial charge in [0.1, 0.15) is 5.69 Å². The highest BCUT2D eigenvalue weighted by Gasteiger charge is 2.42. The third kappa shape index (κ3) is 4.44. The minimum atomic E-state index is 0.145. The topological polar surface area (TPSA) is 40.5 Å². The zero-order valence-corrected chi connectivity index (χ0v) is 22.1. The van der Waals surface area contributed by atoms with E-state index in [1.54, 1.807) is 0 Å². The van der Waals surface area contributed by atoms with Crippen molar-refractivity contribution in [2.45, 2.75) is 46.0 Å². The number of anilines is 1. The van der Waals surface area contributed by atoms with E-state index in [1.165, 1.54) is 11.1 Å². The first-order valence-electron chi connectivity index (χ1n) is 12.8. The fourth-order valence-corrected chi connectivity index (χ4v) is 6.14. The van der Waals surface area contributed by atoms with Gasteiger partial charge in [0.05, 0.1) is 0 Å². The van der Waals surface area contributed by atoms with Crippen LogP contribution in [0.4, 0.5) is 5.69 Å². The molecule has 35 heavy (non-hydrogen) atoms. The smallest absolute Gasteiger partial charge is 0.270 e. The molecule has 3 heterocycles. The van der Waals surface area contributed by atoms with E-state index in [-0.39, 0.29) is 11.3 Å². The number of rotatable bonds is 3. The summed E-state index contributed by atoms with van der Waals surface area (Å²) in [6.07, 6.45) is 3.20. The summed E-state index contributed by atoms with van der Waals surface area (Å²) in [5, 5.41) is 5.53. The number of carbonyl (C=O) groups excluding carboxylic acids is 1. The van der Waals surface area contributed by atoms with E-state index in [2.05, 4.69) is 61.3 Å². The van der Waals surface area contributed by atoms with Crippen LogP contribution in [0.25, 0.3) is 10.9 Å². The van der Waals surface area contributed by atoms with Gasteiger partial charge in [-0.2, -0.15) is 0 Å². The number of benzene rings is 2. The van der Waals surface area contributed by atoms with E-state index in [9.17, 15) is 4.79 Å². The normalized spacial score (nSPS) is 17.5. The highest BCUT2D eigenvalue weighted by atomic mass is 32.1. The Morgan fingerprint density at radius 1 is 1.00 bits per heavy atom. The average molecular weight is 489 g/mol. The molecule has 6 heteroatoms. The lowest BCUT2D eigenvalue weighted by atomic mass is 9.77. The number of likely N-dealkylation sites (tertiary alicyclic amines) is 2. The van der Waals surface area contributed by atoms with Crippen molar-refractivity contribution in [3.8, 4) is 0 Å². The second-order valence-corrected chi connectivity index (χ2v) is 11.1. The van der Waals surface area contributed by atoms with E-state index < -0.39 is 0 Å². The fraction of sp³-hybridized carbons (Fsp3) is 0.448. The molecule has 184 valence electrons. The molecular formula is C29H36N4OS. The average Bonchev–Trinajstić information content (AvgIpc) is 3.42. The van der Waals surface area contributed by atoms with Crippen molar-refractivity contribution in [2.75, 3.05) is 31.5 Å². The Morgan fingerprint density at radius 3 is 2.37 bits per heavy atom. The van der Waals surface area contributed by atoms with Gasteiger partial charge in [-0.3, -0.25) is 4.79 Å². The van der Waals surface area contributed by atoms with Crippen molar-refractivity contribution >= 4 is 39.8 Å². The summed E-state index contributed by atoms with van der Waals surface area (Å²) < 4.78 is 2.03. The standard InChI is InChI=1S/C29H36N4OS/c1-20(2)23-10-7-8-21(3)26(23)30-28(35)33-17-14-29(19-33)12-15-32(16-13-29)27(34)25-18-22-9-5-6-11-24(22)31(25)4/h5-11,18,20H,12-17,19H2,1-4H3,(H,30,35). The predicted molar refractivity (Wildman–Crippen MR) is 148 cm³/mol. The number of nitrogens with one attached hydrogen (secondary N) is 1. The first kappa shape index (κ1) is 23.9. The Hall–Kier alpha value is -2.86. The number of aromatic nitrogens is 1. The molecule has 0 bridgehead atoms. The van der Waals surface area contributed by atoms with Crippen molar-refractivity contribution in [3.05, 3.63) is 65.4 Å². The zero-order valence-electron chi connectivity index (χ0n) is 21.3. The Bertz CT molecular complexity index is 1270. The highest BCUT2D eigenvalue weighted by Crippen LogP contribution is 2.41. The maximum absolute atomic E-state index is 13.4. The van der Waals surface area contributed by atoms with Gasteiger partial charge in [-0.05, 0) is 73.0 Å². The summed E-state index contributed by atoms with van der Waals surface area (Å²) in [5.41, 5.74) is 5.82. The molecule has 5 rings (SSSR count). The van der Waals surface area contributed by atoms with Gasteiger partial charge in [0.2, 0.25) is 0 Å². The number of hydrogen-bond acceptors (Lipinski definition) is 2. The third-order valence-corrected chi connectivity index (χ3v) is 8.53. The van der Waals surface area contributed by atoms with Crippen LogP contribution in [0.1, 0.15) is 60.6 Å². The number of piperidine rings is 1. The third-order valence-electron chi connectivity index (χ3n) is 8.17. The summed E-state index contributed by atoms with van der Waals surface area (Å²) in [4.78, 5) is 17.7. The molecule has 1 aromatic heterocycles. The second-order valence-electron chi connectivity index (χ2n) is 10.7. The molecule has 0 aliphatic carbocycles. The molecule has 1 amide bonds. The van der Waals surface area contributed by atoms with Crippen LogP contribution in [-0.2, 0) is 7.05 Å². The first-order valence-corrected chi connectivity index (χ1v) is 13.2. The number of para-hydroxylation sites is 2. The van der Waals surface area contributed by atoms with E-state index >= 15 is 0 Å². The molecule has 2 aliphatic heterocycles. The van der Waals surface area contributed by atoms with Gasteiger partial charge in [-0.25, -0.2) is 0 Å². The molecule has 2 saturated heterocycles. The van der Waals surface area contributed by atoms with Crippen LogP contribution < -0.4 is 5.32 Å². The largest absolute Gasteiger partial charge is 0.348 e. The molecular weight excluding hydrogens is 452 g/mol. The number of aryl methyl sites for hydroxylation is 2. The van der Waals surface area contributed by atoms with Gasteiger partial charge < -0.3 is 19.7 Å². The minimum Gasteiger partial charge on any atom is -0.348 e. The Kier molecular flexibility index (Phi) is 6.34. The lowest BCUT2D eigenvalue weighted by molar-refractivity contribution is 0.0590. The van der Waals surface area contributed by atoms with E-state index in [4.69, 9.17) is 12.2 Å². The highest BCUT2D eigenvalue weighted by molar-refractivity contribution is 7.80. The number of thiocarbonyl (C=S) groups is 1. The van der Waals surface area contributed by atoms with Gasteiger partial charge in [0.15, 0.2) is 5.11 Å². The number of nitrogens with zero attached hydrogens (tertiary/aromatic N) is 3. The van der Waals surface area contributed by atoms with E-state index in [0.29, 0.717) is 5.92 Å². The molecule has 1 N–H and O–H groups in total. The summed E-state index contributed by atoms with van der Waals surface area (Å²) in [6.45, 7) is 10.2. The summed E-state index contributed by atoms with van der Waals surface area (Å²) in [7, 11) is 1.99. The number of fused-ring (bicyclic) bond motifs is 1. The molecule has 0 radical (unpaired) electrons. The maximum atomic E-state index is 13.4. The minimum absolute atomic E-state index is 0.145. The van der Waals surface area contributed by atoms with Gasteiger partial charge in [0.25, 0.3) is 5.91 Å². The van der Waals surface area contributed by atoms with E-state index in [0.717, 1.165) is 72.8 Å². The van der Waals surface area contributed by atoms with Crippen LogP contribution in [0.15, 0.2) is 48.5 Å². The lowest BCUT2D eigenvalue weighted by Gasteiger charge is -2.39. The van der Waals surface area contributed by atoms with Crippen molar-refractivity contribution in [1.82, 2.24) is 14.4 Å². The van der Waals surface area contributed by atoms with Crippen molar-refractivity contribution < 1.29 is 4.79 Å². The van der Waals surface area contributed by atoms with Gasteiger partial charge in [-0.15, -0.1) is 0 Å². The SMILES string of the molecule is Cc1cccc(C(C)C)c1NC(=S)N1CCC2(CCN(C(=O)c3cc4ccccc4n3C)CC2)C1. The Morgan fingerprint density at radius 2 is 1.69 bits per heavy atom. The van der Waals surface area contributed by atoms with Crippen LogP contribution in [0.3, 0.4) is 0 Å². The predicted octanol–water partition coefficient (Wildman–Crippen LogP) is 5.94. The fourth-order valence-electron chi connectivity index (χ4n) is 5.89. The molecule has 2 aromatic carbocycles. The zero-order chi connectivity index (χ0) is 24.7. The van der Waals surface area contributed by atoms with Crippen molar-refractivity contribution in [1.29, 1.82) is 0 Å². The first-order chi connectivity index (χ1) is 16.8. The van der Waals surface area contributed by atoms with Crippen molar-refractivity contribution in [2.24, 2.45) is 12.5 Å². The van der Waals surface area contributed by atoms with Crippen LogP contribution in [0.5, 0.6) is 0 Å².